The van der Waals surface area contributed by atoms with Gasteiger partial charge < -0.3 is 20.9 Å². The molecule has 0 spiro atoms. The van der Waals surface area contributed by atoms with Crippen molar-refractivity contribution in [2.45, 2.75) is 20.4 Å². The van der Waals surface area contributed by atoms with Crippen molar-refractivity contribution in [1.29, 1.82) is 5.26 Å². The molecule has 0 bridgehead atoms. The van der Waals surface area contributed by atoms with E-state index in [1.165, 1.54) is 0 Å². The van der Waals surface area contributed by atoms with Gasteiger partial charge in [0.2, 0.25) is 0 Å². The molecule has 0 atom stereocenters. The van der Waals surface area contributed by atoms with E-state index in [0.29, 0.717) is 28.2 Å². The lowest BCUT2D eigenvalue weighted by Gasteiger charge is -2.23. The summed E-state index contributed by atoms with van der Waals surface area (Å²) in [5, 5.41) is 12.5. The van der Waals surface area contributed by atoms with E-state index in [1.54, 1.807) is 24.3 Å². The molecule has 0 aliphatic rings. The van der Waals surface area contributed by atoms with Crippen molar-refractivity contribution < 1.29 is 4.79 Å². The summed E-state index contributed by atoms with van der Waals surface area (Å²) in [5.41, 5.74) is 10.4. The number of para-hydroxylation sites is 2. The standard InChI is InChI=1S/C27H32N6O/c1-4-33(5-2)15-14-32(3)19-20-16-23(17-28)26(30-18-20)21-10-12-22(13-11-21)27(34)31-25-9-7-6-8-24(25)29/h6-13,16,18H,4-5,14-15,19,29H2,1-3H3,(H,31,34). The van der Waals surface area contributed by atoms with Gasteiger partial charge in [-0.05, 0) is 56.0 Å². The third-order valence-electron chi connectivity index (χ3n) is 5.84. The molecule has 0 aliphatic carbocycles. The minimum absolute atomic E-state index is 0.249. The summed E-state index contributed by atoms with van der Waals surface area (Å²) in [6.45, 7) is 9.11. The number of nitrogens with zero attached hydrogens (tertiary/aromatic N) is 4. The third-order valence-corrected chi connectivity index (χ3v) is 5.84. The fourth-order valence-corrected chi connectivity index (χ4v) is 3.74. The molecule has 3 aromatic rings. The van der Waals surface area contributed by atoms with Gasteiger partial charge in [-0.25, -0.2) is 0 Å². The van der Waals surface area contributed by atoms with Gasteiger partial charge in [0.05, 0.1) is 22.6 Å². The van der Waals surface area contributed by atoms with Crippen LogP contribution in [0.5, 0.6) is 0 Å². The summed E-state index contributed by atoms with van der Waals surface area (Å²) >= 11 is 0. The number of nitrogens with two attached hydrogens (primary N) is 1. The van der Waals surface area contributed by atoms with E-state index in [9.17, 15) is 10.1 Å². The van der Waals surface area contributed by atoms with Crippen LogP contribution in [0.2, 0.25) is 0 Å². The minimum Gasteiger partial charge on any atom is -0.397 e. The second-order valence-electron chi connectivity index (χ2n) is 8.23. The van der Waals surface area contributed by atoms with Crippen LogP contribution in [0.25, 0.3) is 11.3 Å². The molecule has 7 nitrogen and oxygen atoms in total. The monoisotopic (exact) mass is 456 g/mol. The van der Waals surface area contributed by atoms with E-state index >= 15 is 0 Å². The quantitative estimate of drug-likeness (QED) is 0.443. The Labute approximate surface area is 201 Å². The SMILES string of the molecule is CCN(CC)CCN(C)Cc1cnc(-c2ccc(C(=O)Nc3ccccc3N)cc2)c(C#N)c1. The fourth-order valence-electron chi connectivity index (χ4n) is 3.74. The van der Waals surface area contributed by atoms with Crippen LogP contribution < -0.4 is 11.1 Å². The third kappa shape index (κ3) is 6.41. The molecule has 7 heteroatoms. The highest BCUT2D eigenvalue weighted by molar-refractivity contribution is 6.05. The van der Waals surface area contributed by atoms with Crippen LogP contribution in [0, 0.1) is 11.3 Å². The Morgan fingerprint density at radius 2 is 1.79 bits per heavy atom. The van der Waals surface area contributed by atoms with E-state index in [1.807, 2.05) is 36.5 Å². The first-order valence-corrected chi connectivity index (χ1v) is 11.5. The Hall–Kier alpha value is -3.73. The Balaban J connectivity index is 1.69. The summed E-state index contributed by atoms with van der Waals surface area (Å²) in [7, 11) is 2.08. The number of hydrogen-bond donors (Lipinski definition) is 2. The number of anilines is 2. The molecule has 3 N–H and O–H groups in total. The molecule has 2 aromatic carbocycles. The second kappa shape index (κ2) is 11.9. The normalized spacial score (nSPS) is 10.9. The number of rotatable bonds is 10. The van der Waals surface area contributed by atoms with Crippen LogP contribution in [0.1, 0.15) is 35.3 Å². The van der Waals surface area contributed by atoms with Crippen LogP contribution in [0.15, 0.2) is 60.8 Å². The minimum atomic E-state index is -0.249. The number of nitrogens with one attached hydrogen (secondary N) is 1. The Bertz CT molecular complexity index is 1150. The van der Waals surface area contributed by atoms with Gasteiger partial charge in [0.1, 0.15) is 6.07 Å². The molecule has 1 heterocycles. The van der Waals surface area contributed by atoms with Crippen molar-refractivity contribution in [3.63, 3.8) is 0 Å². The van der Waals surface area contributed by atoms with Gasteiger partial charge in [0, 0.05) is 37.0 Å². The first-order valence-electron chi connectivity index (χ1n) is 11.5. The molecule has 3 rings (SSSR count). The molecule has 1 amide bonds. The molecule has 0 fully saturated rings. The molecular formula is C27H32N6O. The van der Waals surface area contributed by atoms with Crippen molar-refractivity contribution in [3.05, 3.63) is 77.5 Å². The number of aromatic nitrogens is 1. The highest BCUT2D eigenvalue weighted by Crippen LogP contribution is 2.24. The lowest BCUT2D eigenvalue weighted by molar-refractivity contribution is 0.102. The van der Waals surface area contributed by atoms with Crippen molar-refractivity contribution in [3.8, 4) is 17.3 Å². The largest absolute Gasteiger partial charge is 0.397 e. The number of pyridine rings is 1. The van der Waals surface area contributed by atoms with Crippen LogP contribution in [0.4, 0.5) is 11.4 Å². The first-order chi connectivity index (χ1) is 16.4. The van der Waals surface area contributed by atoms with Gasteiger partial charge in [-0.1, -0.05) is 38.1 Å². The maximum atomic E-state index is 12.6. The maximum absolute atomic E-state index is 12.6. The number of hydrogen-bond acceptors (Lipinski definition) is 6. The van der Waals surface area contributed by atoms with Crippen LogP contribution in [0.3, 0.4) is 0 Å². The summed E-state index contributed by atoms with van der Waals surface area (Å²) in [6.07, 6.45) is 1.82. The highest BCUT2D eigenvalue weighted by atomic mass is 16.1. The summed E-state index contributed by atoms with van der Waals surface area (Å²) in [6, 6.07) is 18.4. The average Bonchev–Trinajstić information content (AvgIpc) is 2.86. The van der Waals surface area contributed by atoms with E-state index < -0.39 is 0 Å². The van der Waals surface area contributed by atoms with Gasteiger partial charge in [-0.2, -0.15) is 5.26 Å². The fraction of sp³-hybridized carbons (Fsp3) is 0.296. The molecule has 34 heavy (non-hydrogen) atoms. The number of likely N-dealkylation sites (N-methyl/N-ethyl adjacent to an activating group) is 2. The number of nitriles is 1. The lowest BCUT2D eigenvalue weighted by Crippen LogP contribution is -2.32. The highest BCUT2D eigenvalue weighted by Gasteiger charge is 2.12. The zero-order valence-electron chi connectivity index (χ0n) is 20.1. The molecule has 0 saturated carbocycles. The molecule has 176 valence electrons. The van der Waals surface area contributed by atoms with Gasteiger partial charge >= 0.3 is 0 Å². The lowest BCUT2D eigenvalue weighted by atomic mass is 10.0. The van der Waals surface area contributed by atoms with Crippen LogP contribution >= 0.6 is 0 Å². The van der Waals surface area contributed by atoms with E-state index in [0.717, 1.165) is 43.9 Å². The van der Waals surface area contributed by atoms with E-state index in [-0.39, 0.29) is 5.91 Å². The number of carbonyl (C=O) groups is 1. The predicted molar refractivity (Wildman–Crippen MR) is 137 cm³/mol. The Kier molecular flexibility index (Phi) is 8.74. The van der Waals surface area contributed by atoms with E-state index in [2.05, 4.69) is 47.1 Å². The van der Waals surface area contributed by atoms with Crippen LogP contribution in [-0.4, -0.2) is 53.9 Å². The second-order valence-corrected chi connectivity index (χ2v) is 8.23. The topological polar surface area (TPSA) is 98.3 Å². The zero-order valence-corrected chi connectivity index (χ0v) is 20.1. The van der Waals surface area contributed by atoms with Gasteiger partial charge in [-0.3, -0.25) is 9.78 Å². The number of amides is 1. The Morgan fingerprint density at radius 3 is 2.44 bits per heavy atom. The first kappa shape index (κ1) is 24.9. The molecular weight excluding hydrogens is 424 g/mol. The van der Waals surface area contributed by atoms with Crippen molar-refractivity contribution in [2.24, 2.45) is 0 Å². The number of nitrogen functional groups attached to an aromatic ring is 1. The van der Waals surface area contributed by atoms with Gasteiger partial charge in [0.15, 0.2) is 0 Å². The van der Waals surface area contributed by atoms with Crippen molar-refractivity contribution in [2.75, 3.05) is 44.3 Å². The summed E-state index contributed by atoms with van der Waals surface area (Å²) in [5.74, 6) is -0.249. The molecule has 0 radical (unpaired) electrons. The van der Waals surface area contributed by atoms with Gasteiger partial charge in [-0.15, -0.1) is 0 Å². The molecule has 0 saturated heterocycles. The molecule has 0 unspecified atom stereocenters. The average molecular weight is 457 g/mol. The summed E-state index contributed by atoms with van der Waals surface area (Å²) in [4.78, 5) is 21.8. The molecule has 1 aromatic heterocycles. The smallest absolute Gasteiger partial charge is 0.255 e. The predicted octanol–water partition coefficient (Wildman–Crippen LogP) is 4.23. The van der Waals surface area contributed by atoms with Crippen molar-refractivity contribution in [1.82, 2.24) is 14.8 Å². The molecule has 0 aliphatic heterocycles. The zero-order chi connectivity index (χ0) is 24.5. The number of carbonyl (C=O) groups excluding carboxylic acids is 1. The van der Waals surface area contributed by atoms with Gasteiger partial charge in [0.25, 0.3) is 5.91 Å². The van der Waals surface area contributed by atoms with E-state index in [4.69, 9.17) is 5.73 Å². The van der Waals surface area contributed by atoms with Crippen molar-refractivity contribution >= 4 is 17.3 Å². The summed E-state index contributed by atoms with van der Waals surface area (Å²) < 4.78 is 0. The maximum Gasteiger partial charge on any atom is 0.255 e. The van der Waals surface area contributed by atoms with Crippen LogP contribution in [-0.2, 0) is 6.54 Å². The number of benzene rings is 2. The Morgan fingerprint density at radius 1 is 1.09 bits per heavy atom.